The van der Waals surface area contributed by atoms with Crippen molar-refractivity contribution in [2.45, 2.75) is 27.7 Å². The molecule has 0 saturated carbocycles. The molecule has 3 aromatic rings. The van der Waals surface area contributed by atoms with E-state index in [-0.39, 0.29) is 0 Å². The van der Waals surface area contributed by atoms with Crippen molar-refractivity contribution in [1.29, 1.82) is 0 Å². The fourth-order valence-electron chi connectivity index (χ4n) is 2.77. The zero-order valence-electron chi connectivity index (χ0n) is 14.4. The van der Waals surface area contributed by atoms with Gasteiger partial charge in [0.2, 0.25) is 0 Å². The topological polar surface area (TPSA) is 0 Å². The fourth-order valence-corrected chi connectivity index (χ4v) is 3.15. The van der Waals surface area contributed by atoms with Crippen LogP contribution in [0.1, 0.15) is 22.3 Å². The summed E-state index contributed by atoms with van der Waals surface area (Å²) in [4.78, 5) is 0. The van der Waals surface area contributed by atoms with Crippen molar-refractivity contribution >= 4 is 14.5 Å². The van der Waals surface area contributed by atoms with E-state index in [2.05, 4.69) is 104 Å². The number of rotatable bonds is 1. The minimum Gasteiger partial charge on any atom is -0.105 e. The lowest BCUT2D eigenvalue weighted by atomic mass is 10.0. The Morgan fingerprint density at radius 1 is 0.565 bits per heavy atom. The van der Waals surface area contributed by atoms with E-state index in [0.717, 1.165) is 0 Å². The highest BCUT2D eigenvalue weighted by Gasteiger charge is 1.99. The minimum atomic E-state index is 1.25. The molecule has 3 rings (SSSR count). The first-order valence-electron chi connectivity index (χ1n) is 7.92. The Hall–Kier alpha value is -1.91. The molecule has 1 atom stereocenters. The molecular formula is C22H25P. The van der Waals surface area contributed by atoms with Crippen LogP contribution in [0.2, 0.25) is 0 Å². The van der Waals surface area contributed by atoms with Crippen LogP contribution < -0.4 is 5.30 Å². The van der Waals surface area contributed by atoms with Crippen LogP contribution in [0.25, 0.3) is 11.1 Å². The van der Waals surface area contributed by atoms with Crippen molar-refractivity contribution in [2.75, 3.05) is 0 Å². The summed E-state index contributed by atoms with van der Waals surface area (Å²) in [5, 5.41) is 1.25. The summed E-state index contributed by atoms with van der Waals surface area (Å²) in [7, 11) is 2.78. The van der Waals surface area contributed by atoms with Crippen LogP contribution in [-0.2, 0) is 0 Å². The number of hydrogen-bond acceptors (Lipinski definition) is 0. The van der Waals surface area contributed by atoms with E-state index in [1.54, 1.807) is 0 Å². The predicted molar refractivity (Wildman–Crippen MR) is 107 cm³/mol. The predicted octanol–water partition coefficient (Wildman–Crippen LogP) is 5.77. The zero-order chi connectivity index (χ0) is 16.8. The molecule has 0 bridgehead atoms. The maximum Gasteiger partial charge on any atom is -0.0112 e. The molecule has 23 heavy (non-hydrogen) atoms. The summed E-state index contributed by atoms with van der Waals surface area (Å²) >= 11 is 0. The van der Waals surface area contributed by atoms with Crippen molar-refractivity contribution in [3.8, 4) is 11.1 Å². The number of hydrogen-bond donors (Lipinski definition) is 0. The van der Waals surface area contributed by atoms with E-state index < -0.39 is 0 Å². The molecule has 0 fully saturated rings. The van der Waals surface area contributed by atoms with Gasteiger partial charge >= 0.3 is 0 Å². The quantitative estimate of drug-likeness (QED) is 0.499. The molecule has 118 valence electrons. The summed E-state index contributed by atoms with van der Waals surface area (Å²) in [5.74, 6) is 0. The molecule has 0 N–H and O–H groups in total. The molecule has 1 unspecified atom stereocenters. The van der Waals surface area contributed by atoms with Crippen LogP contribution in [0, 0.1) is 27.7 Å². The SMILES string of the molecule is Cc1cc(C)cc(C)c1.Cc1cccc(-c2ccccc2P)c1. The van der Waals surface area contributed by atoms with Gasteiger partial charge in [-0.05, 0) is 44.1 Å². The summed E-state index contributed by atoms with van der Waals surface area (Å²) in [6.07, 6.45) is 0. The Balaban J connectivity index is 0.000000185. The summed E-state index contributed by atoms with van der Waals surface area (Å²) in [5.41, 5.74) is 7.94. The molecule has 0 aliphatic rings. The van der Waals surface area contributed by atoms with Gasteiger partial charge in [0, 0.05) is 0 Å². The highest BCUT2D eigenvalue weighted by Crippen LogP contribution is 2.19. The van der Waals surface area contributed by atoms with Gasteiger partial charge in [-0.15, -0.1) is 9.24 Å². The lowest BCUT2D eigenvalue weighted by Crippen LogP contribution is -1.95. The second-order valence-electron chi connectivity index (χ2n) is 6.12. The van der Waals surface area contributed by atoms with Crippen molar-refractivity contribution in [1.82, 2.24) is 0 Å². The first kappa shape index (κ1) is 17.4. The van der Waals surface area contributed by atoms with E-state index in [0.29, 0.717) is 0 Å². The average Bonchev–Trinajstić information content (AvgIpc) is 2.47. The highest BCUT2D eigenvalue weighted by molar-refractivity contribution is 7.28. The molecule has 0 saturated heterocycles. The average molecular weight is 320 g/mol. The van der Waals surface area contributed by atoms with Crippen LogP contribution in [0.5, 0.6) is 0 Å². The Morgan fingerprint density at radius 3 is 1.65 bits per heavy atom. The Morgan fingerprint density at radius 2 is 1.13 bits per heavy atom. The first-order chi connectivity index (χ1) is 11.0. The van der Waals surface area contributed by atoms with Crippen molar-refractivity contribution < 1.29 is 0 Å². The van der Waals surface area contributed by atoms with E-state index in [1.807, 2.05) is 0 Å². The van der Waals surface area contributed by atoms with E-state index in [4.69, 9.17) is 0 Å². The molecule has 0 aliphatic heterocycles. The number of benzene rings is 3. The Kier molecular flexibility index (Phi) is 6.13. The van der Waals surface area contributed by atoms with Crippen molar-refractivity contribution in [2.24, 2.45) is 0 Å². The molecule has 0 radical (unpaired) electrons. The molecule has 0 spiro atoms. The van der Waals surface area contributed by atoms with Gasteiger partial charge < -0.3 is 0 Å². The third-order valence-corrected chi connectivity index (χ3v) is 4.16. The molecular weight excluding hydrogens is 295 g/mol. The monoisotopic (exact) mass is 320 g/mol. The third kappa shape index (κ3) is 5.34. The van der Waals surface area contributed by atoms with Gasteiger partial charge in [-0.1, -0.05) is 89.0 Å². The first-order valence-corrected chi connectivity index (χ1v) is 8.50. The minimum absolute atomic E-state index is 1.25. The standard InChI is InChI=1S/C13H13P.C9H12/c1-10-5-4-6-11(9-10)12-7-2-3-8-13(12)14;1-7-4-8(2)6-9(3)5-7/h2-9H,14H2,1H3;4-6H,1-3H3. The summed E-state index contributed by atoms with van der Waals surface area (Å²) in [6, 6.07) is 23.5. The van der Waals surface area contributed by atoms with E-state index in [1.165, 1.54) is 38.7 Å². The molecule has 0 aliphatic carbocycles. The van der Waals surface area contributed by atoms with Crippen LogP contribution >= 0.6 is 9.24 Å². The summed E-state index contributed by atoms with van der Waals surface area (Å²) in [6.45, 7) is 8.49. The molecule has 3 aromatic carbocycles. The van der Waals surface area contributed by atoms with Crippen LogP contribution in [0.15, 0.2) is 66.7 Å². The van der Waals surface area contributed by atoms with Gasteiger partial charge in [0.25, 0.3) is 0 Å². The maximum atomic E-state index is 2.78. The fraction of sp³-hybridized carbons (Fsp3) is 0.182. The Labute approximate surface area is 142 Å². The summed E-state index contributed by atoms with van der Waals surface area (Å²) < 4.78 is 0. The maximum absolute atomic E-state index is 2.78. The smallest absolute Gasteiger partial charge is 0.0112 e. The molecule has 0 amide bonds. The molecule has 1 heteroatoms. The van der Waals surface area contributed by atoms with Crippen molar-refractivity contribution in [3.05, 3.63) is 89.0 Å². The van der Waals surface area contributed by atoms with Gasteiger partial charge in [0.05, 0.1) is 0 Å². The van der Waals surface area contributed by atoms with Crippen LogP contribution in [0.4, 0.5) is 0 Å². The van der Waals surface area contributed by atoms with Gasteiger partial charge in [-0.25, -0.2) is 0 Å². The van der Waals surface area contributed by atoms with Crippen molar-refractivity contribution in [3.63, 3.8) is 0 Å². The Bertz CT molecular complexity index is 737. The van der Waals surface area contributed by atoms with Gasteiger partial charge in [-0.3, -0.25) is 0 Å². The van der Waals surface area contributed by atoms with Gasteiger partial charge in [0.1, 0.15) is 0 Å². The molecule has 0 aromatic heterocycles. The largest absolute Gasteiger partial charge is 0.105 e. The molecule has 0 heterocycles. The second-order valence-corrected chi connectivity index (χ2v) is 6.74. The normalized spacial score (nSPS) is 9.96. The third-order valence-electron chi connectivity index (χ3n) is 3.66. The molecule has 0 nitrogen and oxygen atoms in total. The van der Waals surface area contributed by atoms with Gasteiger partial charge in [0.15, 0.2) is 0 Å². The lowest BCUT2D eigenvalue weighted by Gasteiger charge is -2.05. The highest BCUT2D eigenvalue weighted by atomic mass is 31.0. The zero-order valence-corrected chi connectivity index (χ0v) is 15.6. The van der Waals surface area contributed by atoms with E-state index in [9.17, 15) is 0 Å². The van der Waals surface area contributed by atoms with E-state index >= 15 is 0 Å². The van der Waals surface area contributed by atoms with Gasteiger partial charge in [-0.2, -0.15) is 0 Å². The lowest BCUT2D eigenvalue weighted by molar-refractivity contribution is 1.32. The number of aryl methyl sites for hydroxylation is 4. The van der Waals surface area contributed by atoms with Crippen LogP contribution in [-0.4, -0.2) is 0 Å². The van der Waals surface area contributed by atoms with Crippen LogP contribution in [0.3, 0.4) is 0 Å². The second kappa shape index (κ2) is 8.09.